The number of ether oxygens (including phenoxy) is 2. The first kappa shape index (κ1) is 29.6. The number of carbonyl (C=O) groups is 1. The van der Waals surface area contributed by atoms with Crippen LogP contribution in [0.4, 0.5) is 18.9 Å². The number of aryl methyl sites for hydroxylation is 1. The van der Waals surface area contributed by atoms with Gasteiger partial charge in [-0.25, -0.2) is 4.98 Å². The summed E-state index contributed by atoms with van der Waals surface area (Å²) < 4.78 is 51.4. The van der Waals surface area contributed by atoms with Crippen molar-refractivity contribution >= 4 is 57.5 Å². The highest BCUT2D eigenvalue weighted by Crippen LogP contribution is 2.34. The number of fused-ring (bicyclic) bond motifs is 1. The number of nitrogens with zero attached hydrogens (tertiary/aromatic N) is 2. The summed E-state index contributed by atoms with van der Waals surface area (Å²) in [5.41, 5.74) is -0.225. The fourth-order valence-corrected chi connectivity index (χ4v) is 4.96. The molecule has 0 spiro atoms. The van der Waals surface area contributed by atoms with E-state index in [0.29, 0.717) is 33.8 Å². The summed E-state index contributed by atoms with van der Waals surface area (Å²) in [5, 5.41) is 3.47. The van der Waals surface area contributed by atoms with Gasteiger partial charge < -0.3 is 14.8 Å². The lowest BCUT2D eigenvalue weighted by Crippen LogP contribution is -2.25. The molecule has 1 aromatic heterocycles. The van der Waals surface area contributed by atoms with Gasteiger partial charge in [-0.2, -0.15) is 13.2 Å². The Morgan fingerprint density at radius 3 is 2.35 bits per heavy atom. The molecule has 3 aromatic carbocycles. The first-order valence-electron chi connectivity index (χ1n) is 11.7. The second-order valence-corrected chi connectivity index (χ2v) is 10.3. The molecule has 210 valence electrons. The van der Waals surface area contributed by atoms with Gasteiger partial charge in [0.25, 0.3) is 5.56 Å². The topological polar surface area (TPSA) is 82.5 Å². The van der Waals surface area contributed by atoms with Crippen molar-refractivity contribution in [3.63, 3.8) is 0 Å². The predicted molar refractivity (Wildman–Crippen MR) is 150 cm³/mol. The molecule has 13 heteroatoms. The van der Waals surface area contributed by atoms with Gasteiger partial charge in [0, 0.05) is 17.6 Å². The van der Waals surface area contributed by atoms with Gasteiger partial charge in [-0.1, -0.05) is 47.1 Å². The van der Waals surface area contributed by atoms with E-state index in [1.165, 1.54) is 18.8 Å². The molecule has 40 heavy (non-hydrogen) atoms. The molecule has 0 saturated carbocycles. The first-order chi connectivity index (χ1) is 19.0. The quantitative estimate of drug-likeness (QED) is 0.167. The molecule has 0 saturated heterocycles. The maximum atomic E-state index is 13.6. The molecule has 0 fully saturated rings. The molecule has 0 radical (unpaired) electrons. The van der Waals surface area contributed by atoms with Gasteiger partial charge in [0.15, 0.2) is 16.7 Å². The molecule has 1 N–H and O–H groups in total. The Bertz CT molecular complexity index is 1610. The highest BCUT2D eigenvalue weighted by Gasteiger charge is 2.31. The van der Waals surface area contributed by atoms with Gasteiger partial charge in [-0.15, -0.1) is 0 Å². The zero-order valence-electron chi connectivity index (χ0n) is 21.1. The fourth-order valence-electron chi connectivity index (χ4n) is 3.84. The van der Waals surface area contributed by atoms with E-state index in [2.05, 4.69) is 10.3 Å². The summed E-state index contributed by atoms with van der Waals surface area (Å²) in [6.07, 6.45) is -4.13. The molecule has 4 aromatic rings. The number of thioether (sulfide) groups is 1. The lowest BCUT2D eigenvalue weighted by atomic mass is 10.1. The van der Waals surface area contributed by atoms with E-state index in [9.17, 15) is 22.8 Å². The molecule has 0 aliphatic rings. The molecule has 0 unspecified atom stereocenters. The van der Waals surface area contributed by atoms with E-state index in [4.69, 9.17) is 32.7 Å². The van der Waals surface area contributed by atoms with E-state index in [0.717, 1.165) is 35.5 Å². The van der Waals surface area contributed by atoms with Gasteiger partial charge in [-0.05, 0) is 48.4 Å². The van der Waals surface area contributed by atoms with Gasteiger partial charge >= 0.3 is 6.18 Å². The molecular weight excluding hydrogens is 590 g/mol. The Kier molecular flexibility index (Phi) is 9.17. The third kappa shape index (κ3) is 6.83. The monoisotopic (exact) mass is 611 g/mol. The molecule has 7 nitrogen and oxygen atoms in total. The van der Waals surface area contributed by atoms with Crippen LogP contribution in [-0.2, 0) is 23.9 Å². The maximum absolute atomic E-state index is 13.6. The third-order valence-corrected chi connectivity index (χ3v) is 7.42. The van der Waals surface area contributed by atoms with Crippen molar-refractivity contribution in [2.75, 3.05) is 25.3 Å². The zero-order chi connectivity index (χ0) is 29.0. The summed E-state index contributed by atoms with van der Waals surface area (Å²) in [7, 11) is 2.91. The standard InChI is InChI=1S/C27H22Cl2F3N3O4S/c1-38-22-12-18-20(13-23(22)39-2)34-26(35(25(18)37)10-9-15-3-6-17(28)7-4-15)40-14-24(36)33-21-11-16(27(30,31)32)5-8-19(21)29/h3-8,11-13H,9-10,14H2,1-2H3,(H,33,36). The highest BCUT2D eigenvalue weighted by atomic mass is 35.5. The number of benzene rings is 3. The van der Waals surface area contributed by atoms with Crippen molar-refractivity contribution in [3.8, 4) is 11.5 Å². The second kappa shape index (κ2) is 12.4. The molecule has 0 aliphatic carbocycles. The number of aromatic nitrogens is 2. The average Bonchev–Trinajstić information content (AvgIpc) is 2.92. The molecule has 1 amide bonds. The van der Waals surface area contributed by atoms with E-state index >= 15 is 0 Å². The number of amides is 1. The van der Waals surface area contributed by atoms with Crippen LogP contribution in [0.1, 0.15) is 11.1 Å². The molecule has 4 rings (SSSR count). The van der Waals surface area contributed by atoms with Crippen LogP contribution >= 0.6 is 35.0 Å². The zero-order valence-corrected chi connectivity index (χ0v) is 23.5. The highest BCUT2D eigenvalue weighted by molar-refractivity contribution is 7.99. The van der Waals surface area contributed by atoms with Crippen LogP contribution < -0.4 is 20.3 Å². The number of hydrogen-bond acceptors (Lipinski definition) is 6. The van der Waals surface area contributed by atoms with Crippen LogP contribution in [-0.4, -0.2) is 35.4 Å². The van der Waals surface area contributed by atoms with Crippen LogP contribution in [0, 0.1) is 0 Å². The minimum Gasteiger partial charge on any atom is -0.493 e. The Morgan fingerprint density at radius 2 is 1.70 bits per heavy atom. The van der Waals surface area contributed by atoms with Gasteiger partial charge in [0.1, 0.15) is 0 Å². The normalized spacial score (nSPS) is 11.5. The molecule has 0 aliphatic heterocycles. The molecule has 1 heterocycles. The Balaban J connectivity index is 1.64. The Labute approximate surface area is 241 Å². The van der Waals surface area contributed by atoms with E-state index in [1.54, 1.807) is 24.3 Å². The number of methoxy groups -OCH3 is 2. The van der Waals surface area contributed by atoms with Crippen molar-refractivity contribution in [1.82, 2.24) is 9.55 Å². The lowest BCUT2D eigenvalue weighted by Gasteiger charge is -2.15. The number of hydrogen-bond donors (Lipinski definition) is 1. The number of alkyl halides is 3. The average molecular weight is 612 g/mol. The van der Waals surface area contributed by atoms with Crippen molar-refractivity contribution < 1.29 is 27.4 Å². The number of nitrogens with one attached hydrogen (secondary N) is 1. The number of halogens is 5. The van der Waals surface area contributed by atoms with Crippen LogP contribution in [0.5, 0.6) is 11.5 Å². The van der Waals surface area contributed by atoms with Crippen molar-refractivity contribution in [2.24, 2.45) is 0 Å². The van der Waals surface area contributed by atoms with Crippen LogP contribution in [0.25, 0.3) is 10.9 Å². The van der Waals surface area contributed by atoms with Crippen LogP contribution in [0.2, 0.25) is 10.0 Å². The van der Waals surface area contributed by atoms with Crippen molar-refractivity contribution in [3.05, 3.63) is 86.1 Å². The summed E-state index contributed by atoms with van der Waals surface area (Å²) >= 11 is 12.9. The third-order valence-electron chi connectivity index (χ3n) is 5.86. The Hall–Kier alpha value is -3.41. The smallest absolute Gasteiger partial charge is 0.416 e. The minimum atomic E-state index is -4.60. The van der Waals surface area contributed by atoms with Crippen molar-refractivity contribution in [2.45, 2.75) is 24.3 Å². The maximum Gasteiger partial charge on any atom is 0.416 e. The SMILES string of the molecule is COc1cc2nc(SCC(=O)Nc3cc(C(F)(F)F)ccc3Cl)n(CCc3ccc(Cl)cc3)c(=O)c2cc1OC. The lowest BCUT2D eigenvalue weighted by molar-refractivity contribution is -0.137. The molecule has 0 atom stereocenters. The van der Waals surface area contributed by atoms with E-state index in [1.807, 2.05) is 12.1 Å². The van der Waals surface area contributed by atoms with Gasteiger partial charge in [-0.3, -0.25) is 14.2 Å². The van der Waals surface area contributed by atoms with Crippen LogP contribution in [0.3, 0.4) is 0 Å². The summed E-state index contributed by atoms with van der Waals surface area (Å²) in [5.74, 6) is -0.152. The van der Waals surface area contributed by atoms with Crippen LogP contribution in [0.15, 0.2) is 64.5 Å². The van der Waals surface area contributed by atoms with Gasteiger partial charge in [0.2, 0.25) is 5.91 Å². The number of rotatable bonds is 9. The summed E-state index contributed by atoms with van der Waals surface area (Å²) in [6.45, 7) is 0.237. The molecule has 0 bridgehead atoms. The number of carbonyl (C=O) groups excluding carboxylic acids is 1. The predicted octanol–water partition coefficient (Wildman–Crippen LogP) is 6.71. The summed E-state index contributed by atoms with van der Waals surface area (Å²) in [4.78, 5) is 30.9. The van der Waals surface area contributed by atoms with E-state index in [-0.39, 0.29) is 33.7 Å². The second-order valence-electron chi connectivity index (χ2n) is 8.48. The largest absolute Gasteiger partial charge is 0.493 e. The molecular formula is C27H22Cl2F3N3O4S. The Morgan fingerprint density at radius 1 is 1.02 bits per heavy atom. The first-order valence-corrected chi connectivity index (χ1v) is 13.4. The van der Waals surface area contributed by atoms with E-state index < -0.39 is 17.6 Å². The summed E-state index contributed by atoms with van der Waals surface area (Å²) in [6, 6.07) is 12.9. The fraction of sp³-hybridized carbons (Fsp3) is 0.222. The van der Waals surface area contributed by atoms with Gasteiger partial charge in [0.05, 0.1) is 47.1 Å². The number of anilines is 1. The minimum absolute atomic E-state index is 0.0453. The van der Waals surface area contributed by atoms with Crippen molar-refractivity contribution in [1.29, 1.82) is 0 Å².